The lowest BCUT2D eigenvalue weighted by molar-refractivity contribution is -0.141. The second-order valence-corrected chi connectivity index (χ2v) is 7.33. The molecular weight excluding hydrogens is 300 g/mol. The summed E-state index contributed by atoms with van der Waals surface area (Å²) in [6.07, 6.45) is 3.07. The molecule has 2 aliphatic heterocycles. The summed E-state index contributed by atoms with van der Waals surface area (Å²) in [5.41, 5.74) is 0.968. The summed E-state index contributed by atoms with van der Waals surface area (Å²) in [7, 11) is 0. The first-order valence-corrected chi connectivity index (χ1v) is 8.70. The zero-order chi connectivity index (χ0) is 15.4. The highest BCUT2D eigenvalue weighted by Gasteiger charge is 2.50. The van der Waals surface area contributed by atoms with Crippen LogP contribution < -0.4 is 0 Å². The minimum atomic E-state index is 0.103. The molecule has 2 fully saturated rings. The topological polar surface area (TPSA) is 51.7 Å². The molecule has 3 rings (SSSR count). The van der Waals surface area contributed by atoms with E-state index in [2.05, 4.69) is 4.98 Å². The molecule has 0 N–H and O–H groups in total. The van der Waals surface area contributed by atoms with Crippen molar-refractivity contribution in [3.63, 3.8) is 0 Å². The van der Waals surface area contributed by atoms with Crippen LogP contribution in [0.2, 0.25) is 0 Å². The van der Waals surface area contributed by atoms with Gasteiger partial charge in [0.05, 0.1) is 23.2 Å². The first-order chi connectivity index (χ1) is 10.7. The summed E-state index contributed by atoms with van der Waals surface area (Å²) in [5.74, 6) is 1.10. The number of likely N-dealkylation sites (tertiary alicyclic amines) is 1. The van der Waals surface area contributed by atoms with E-state index in [1.165, 1.54) is 0 Å². The van der Waals surface area contributed by atoms with Gasteiger partial charge in [0.1, 0.15) is 6.61 Å². The van der Waals surface area contributed by atoms with Gasteiger partial charge in [0.2, 0.25) is 5.91 Å². The van der Waals surface area contributed by atoms with Gasteiger partial charge >= 0.3 is 0 Å². The number of ether oxygens (including phenoxy) is 2. The number of hydrogen-bond donors (Lipinski definition) is 0. The third-order valence-corrected chi connectivity index (χ3v) is 5.68. The van der Waals surface area contributed by atoms with E-state index in [0.29, 0.717) is 13.2 Å². The fourth-order valence-electron chi connectivity index (χ4n) is 2.92. The van der Waals surface area contributed by atoms with Crippen LogP contribution in [0.25, 0.3) is 0 Å². The first kappa shape index (κ1) is 15.8. The molecule has 0 aromatic carbocycles. The van der Waals surface area contributed by atoms with E-state index >= 15 is 0 Å². The fraction of sp³-hybridized carbons (Fsp3) is 0.625. The third kappa shape index (κ3) is 3.62. The van der Waals surface area contributed by atoms with E-state index in [0.717, 1.165) is 31.0 Å². The number of pyridine rings is 1. The Morgan fingerprint density at radius 1 is 1.50 bits per heavy atom. The van der Waals surface area contributed by atoms with Crippen LogP contribution >= 0.6 is 11.8 Å². The van der Waals surface area contributed by atoms with Crippen molar-refractivity contribution in [1.82, 2.24) is 9.88 Å². The monoisotopic (exact) mass is 322 g/mol. The Labute approximate surface area is 135 Å². The van der Waals surface area contributed by atoms with Crippen molar-refractivity contribution in [2.24, 2.45) is 0 Å². The van der Waals surface area contributed by atoms with Crippen molar-refractivity contribution in [2.75, 3.05) is 32.1 Å². The van der Waals surface area contributed by atoms with Gasteiger partial charge in [-0.05, 0) is 25.5 Å². The van der Waals surface area contributed by atoms with Crippen molar-refractivity contribution < 1.29 is 14.3 Å². The Balaban J connectivity index is 1.41. The number of aromatic nitrogens is 1. The molecular formula is C16H22N2O3S. The number of rotatable bonds is 6. The standard InChI is InChI=1S/C16H22N2O3S/c1-2-20-9-15(19)18-11-16(12-18)7-14(10-22-16)21-8-13-5-3-4-6-17-13/h3-6,14H,2,7-12H2,1H3. The quantitative estimate of drug-likeness (QED) is 0.798. The number of hydrogen-bond acceptors (Lipinski definition) is 5. The van der Waals surface area contributed by atoms with Crippen LogP contribution in [0.1, 0.15) is 19.0 Å². The maximum absolute atomic E-state index is 11.9. The van der Waals surface area contributed by atoms with Gasteiger partial charge in [-0.3, -0.25) is 9.78 Å². The molecule has 2 saturated heterocycles. The summed E-state index contributed by atoms with van der Waals surface area (Å²) in [6.45, 7) is 4.91. The molecule has 5 nitrogen and oxygen atoms in total. The highest BCUT2D eigenvalue weighted by atomic mass is 32.2. The molecule has 1 aromatic heterocycles. The molecule has 0 saturated carbocycles. The van der Waals surface area contributed by atoms with Crippen molar-refractivity contribution in [3.8, 4) is 0 Å². The van der Waals surface area contributed by atoms with Crippen molar-refractivity contribution in [1.29, 1.82) is 0 Å². The Morgan fingerprint density at radius 2 is 2.36 bits per heavy atom. The predicted octanol–water partition coefficient (Wildman–Crippen LogP) is 1.72. The lowest BCUT2D eigenvalue weighted by Crippen LogP contribution is -2.61. The Morgan fingerprint density at radius 3 is 3.09 bits per heavy atom. The zero-order valence-electron chi connectivity index (χ0n) is 12.9. The van der Waals surface area contributed by atoms with E-state index in [-0.39, 0.29) is 23.4 Å². The van der Waals surface area contributed by atoms with Crippen molar-refractivity contribution in [2.45, 2.75) is 30.8 Å². The van der Waals surface area contributed by atoms with E-state index in [1.807, 2.05) is 41.8 Å². The molecule has 1 spiro atoms. The van der Waals surface area contributed by atoms with Gasteiger partial charge in [0.25, 0.3) is 0 Å². The van der Waals surface area contributed by atoms with Gasteiger partial charge in [-0.1, -0.05) is 6.07 Å². The Bertz CT molecular complexity index is 505. The molecule has 1 amide bonds. The van der Waals surface area contributed by atoms with Crippen LogP contribution in [-0.2, 0) is 20.9 Å². The van der Waals surface area contributed by atoms with Gasteiger partial charge in [-0.15, -0.1) is 11.8 Å². The van der Waals surface area contributed by atoms with E-state index < -0.39 is 0 Å². The SMILES string of the molecule is CCOCC(=O)N1CC2(CC(OCc3ccccn3)CS2)C1. The molecule has 0 bridgehead atoms. The van der Waals surface area contributed by atoms with Crippen LogP contribution in [0.3, 0.4) is 0 Å². The van der Waals surface area contributed by atoms with Gasteiger partial charge < -0.3 is 14.4 Å². The van der Waals surface area contributed by atoms with Crippen LogP contribution in [0.15, 0.2) is 24.4 Å². The van der Waals surface area contributed by atoms with E-state index in [4.69, 9.17) is 9.47 Å². The molecule has 6 heteroatoms. The summed E-state index contributed by atoms with van der Waals surface area (Å²) >= 11 is 1.94. The average molecular weight is 322 g/mol. The second-order valence-electron chi connectivity index (χ2n) is 5.84. The molecule has 2 aliphatic rings. The van der Waals surface area contributed by atoms with Gasteiger partial charge in [-0.2, -0.15) is 0 Å². The number of carbonyl (C=O) groups excluding carboxylic acids is 1. The normalized spacial score (nSPS) is 22.8. The summed E-state index contributed by atoms with van der Waals surface area (Å²) in [6, 6.07) is 5.87. The van der Waals surface area contributed by atoms with Crippen molar-refractivity contribution >= 4 is 17.7 Å². The molecule has 3 heterocycles. The number of thioether (sulfide) groups is 1. The highest BCUT2D eigenvalue weighted by molar-refractivity contribution is 8.01. The average Bonchev–Trinajstić information content (AvgIpc) is 2.95. The Kier molecular flexibility index (Phi) is 5.00. The Hall–Kier alpha value is -1.11. The minimum Gasteiger partial charge on any atom is -0.372 e. The first-order valence-electron chi connectivity index (χ1n) is 7.72. The number of nitrogens with zero attached hydrogens (tertiary/aromatic N) is 2. The van der Waals surface area contributed by atoms with Gasteiger partial charge in [0.15, 0.2) is 0 Å². The molecule has 1 atom stereocenters. The maximum Gasteiger partial charge on any atom is 0.248 e. The van der Waals surface area contributed by atoms with Crippen LogP contribution in [0, 0.1) is 0 Å². The highest BCUT2D eigenvalue weighted by Crippen LogP contribution is 2.46. The summed E-state index contributed by atoms with van der Waals surface area (Å²) in [5, 5.41) is 0. The molecule has 0 aliphatic carbocycles. The van der Waals surface area contributed by atoms with Crippen LogP contribution in [0.4, 0.5) is 0 Å². The molecule has 120 valence electrons. The molecule has 1 unspecified atom stereocenters. The van der Waals surface area contributed by atoms with Gasteiger partial charge in [-0.25, -0.2) is 0 Å². The second kappa shape index (κ2) is 6.98. The summed E-state index contributed by atoms with van der Waals surface area (Å²) in [4.78, 5) is 18.0. The maximum atomic E-state index is 11.9. The molecule has 1 aromatic rings. The third-order valence-electron chi connectivity index (χ3n) is 4.11. The van der Waals surface area contributed by atoms with Gasteiger partial charge in [0, 0.05) is 31.6 Å². The minimum absolute atomic E-state index is 0.103. The van der Waals surface area contributed by atoms with Crippen LogP contribution in [-0.4, -0.2) is 58.7 Å². The zero-order valence-corrected chi connectivity index (χ0v) is 13.7. The lowest BCUT2D eigenvalue weighted by atomic mass is 9.93. The van der Waals surface area contributed by atoms with Crippen LogP contribution in [0.5, 0.6) is 0 Å². The smallest absolute Gasteiger partial charge is 0.248 e. The number of carbonyl (C=O) groups is 1. The molecule has 22 heavy (non-hydrogen) atoms. The van der Waals surface area contributed by atoms with E-state index in [9.17, 15) is 4.79 Å². The number of amides is 1. The fourth-order valence-corrected chi connectivity index (χ4v) is 4.47. The molecule has 0 radical (unpaired) electrons. The van der Waals surface area contributed by atoms with Crippen molar-refractivity contribution in [3.05, 3.63) is 30.1 Å². The summed E-state index contributed by atoms with van der Waals surface area (Å²) < 4.78 is 11.4. The lowest BCUT2D eigenvalue weighted by Gasteiger charge is -2.47. The predicted molar refractivity (Wildman–Crippen MR) is 85.7 cm³/mol. The van der Waals surface area contributed by atoms with E-state index in [1.54, 1.807) is 6.20 Å². The largest absolute Gasteiger partial charge is 0.372 e.